The minimum atomic E-state index is -0.620. The van der Waals surface area contributed by atoms with Gasteiger partial charge in [0.2, 0.25) is 0 Å². The Morgan fingerprint density at radius 2 is 2.07 bits per heavy atom. The molecule has 0 aliphatic rings. The van der Waals surface area contributed by atoms with Gasteiger partial charge in [0, 0.05) is 16.7 Å². The third kappa shape index (κ3) is 6.53. The van der Waals surface area contributed by atoms with Crippen LogP contribution in [-0.4, -0.2) is 25.6 Å². The second-order valence-electron chi connectivity index (χ2n) is 5.44. The average Bonchev–Trinajstić information content (AvgIpc) is 2.67. The largest absolute Gasteiger partial charge is 0.497 e. The SMILES string of the molecule is COc1cccc(/C=C/C(=O)OCC(=O)Nc2ccc(SC#N)cc2C)c1. The number of rotatable bonds is 7. The number of anilines is 1. The molecule has 0 saturated heterocycles. The minimum Gasteiger partial charge on any atom is -0.497 e. The highest BCUT2D eigenvalue weighted by Gasteiger charge is 2.08. The third-order valence-corrected chi connectivity index (χ3v) is 4.07. The van der Waals surface area contributed by atoms with E-state index in [4.69, 9.17) is 14.7 Å². The molecule has 1 amide bonds. The number of benzene rings is 2. The first-order valence-corrected chi connectivity index (χ1v) is 8.79. The predicted molar refractivity (Wildman–Crippen MR) is 104 cm³/mol. The molecule has 2 rings (SSSR count). The van der Waals surface area contributed by atoms with Crippen molar-refractivity contribution < 1.29 is 19.1 Å². The van der Waals surface area contributed by atoms with Gasteiger partial charge >= 0.3 is 5.97 Å². The van der Waals surface area contributed by atoms with E-state index < -0.39 is 18.5 Å². The van der Waals surface area contributed by atoms with Crippen LogP contribution >= 0.6 is 11.8 Å². The van der Waals surface area contributed by atoms with Crippen molar-refractivity contribution in [1.29, 1.82) is 5.26 Å². The maximum atomic E-state index is 12.0. The molecule has 0 atom stereocenters. The van der Waals surface area contributed by atoms with Crippen molar-refractivity contribution >= 4 is 35.4 Å². The monoisotopic (exact) mass is 382 g/mol. The van der Waals surface area contributed by atoms with Crippen molar-refractivity contribution in [3.05, 3.63) is 59.7 Å². The van der Waals surface area contributed by atoms with Gasteiger partial charge in [-0.05, 0) is 66.2 Å². The van der Waals surface area contributed by atoms with Crippen molar-refractivity contribution in [2.75, 3.05) is 19.0 Å². The van der Waals surface area contributed by atoms with Gasteiger partial charge in [-0.3, -0.25) is 4.79 Å². The molecule has 0 aliphatic heterocycles. The molecule has 0 spiro atoms. The Balaban J connectivity index is 1.85. The Morgan fingerprint density at radius 1 is 1.26 bits per heavy atom. The van der Waals surface area contributed by atoms with Gasteiger partial charge in [0.05, 0.1) is 7.11 Å². The van der Waals surface area contributed by atoms with Crippen LogP contribution in [-0.2, 0) is 14.3 Å². The fraction of sp³-hybridized carbons (Fsp3) is 0.150. The molecule has 0 unspecified atom stereocenters. The van der Waals surface area contributed by atoms with E-state index in [0.29, 0.717) is 11.4 Å². The van der Waals surface area contributed by atoms with Crippen molar-refractivity contribution in [3.8, 4) is 11.2 Å². The summed E-state index contributed by atoms with van der Waals surface area (Å²) in [5.74, 6) is -0.383. The number of amides is 1. The molecule has 2 aromatic carbocycles. The van der Waals surface area contributed by atoms with Gasteiger partial charge in [-0.25, -0.2) is 4.79 Å². The van der Waals surface area contributed by atoms with Gasteiger partial charge in [0.1, 0.15) is 11.2 Å². The van der Waals surface area contributed by atoms with Gasteiger partial charge in [-0.2, -0.15) is 5.26 Å². The number of nitriles is 1. The van der Waals surface area contributed by atoms with Crippen molar-refractivity contribution in [1.82, 2.24) is 0 Å². The molecule has 7 heteroatoms. The highest BCUT2D eigenvalue weighted by Crippen LogP contribution is 2.23. The molecule has 0 saturated carbocycles. The quantitative estimate of drug-likeness (QED) is 0.339. The van der Waals surface area contributed by atoms with Crippen LogP contribution < -0.4 is 10.1 Å². The first-order chi connectivity index (χ1) is 13.0. The number of nitrogens with one attached hydrogen (secondary N) is 1. The van der Waals surface area contributed by atoms with E-state index in [1.165, 1.54) is 6.08 Å². The molecule has 0 radical (unpaired) electrons. The minimum absolute atomic E-state index is 0.393. The summed E-state index contributed by atoms with van der Waals surface area (Å²) >= 11 is 1.05. The van der Waals surface area contributed by atoms with Gasteiger partial charge < -0.3 is 14.8 Å². The molecular formula is C20H18N2O4S. The highest BCUT2D eigenvalue weighted by atomic mass is 32.2. The molecule has 0 heterocycles. The molecule has 0 bridgehead atoms. The summed E-state index contributed by atoms with van der Waals surface area (Å²) in [6.45, 7) is 1.43. The zero-order valence-corrected chi connectivity index (χ0v) is 15.7. The Kier molecular flexibility index (Phi) is 7.47. The van der Waals surface area contributed by atoms with Crippen LogP contribution in [0.5, 0.6) is 5.75 Å². The van der Waals surface area contributed by atoms with E-state index in [2.05, 4.69) is 5.32 Å². The Labute approximate surface area is 161 Å². The lowest BCUT2D eigenvalue weighted by Crippen LogP contribution is -2.20. The zero-order valence-electron chi connectivity index (χ0n) is 14.9. The fourth-order valence-electron chi connectivity index (χ4n) is 2.17. The van der Waals surface area contributed by atoms with Crippen LogP contribution in [0.15, 0.2) is 53.4 Å². The van der Waals surface area contributed by atoms with Crippen LogP contribution in [0.4, 0.5) is 5.69 Å². The number of aryl methyl sites for hydroxylation is 1. The summed E-state index contributed by atoms with van der Waals surface area (Å²) < 4.78 is 10.0. The normalized spacial score (nSPS) is 10.3. The van der Waals surface area contributed by atoms with E-state index in [9.17, 15) is 9.59 Å². The predicted octanol–water partition coefficient (Wildman–Crippen LogP) is 3.77. The summed E-state index contributed by atoms with van der Waals surface area (Å²) in [6.07, 6.45) is 2.83. The topological polar surface area (TPSA) is 88.4 Å². The van der Waals surface area contributed by atoms with Crippen LogP contribution in [0.3, 0.4) is 0 Å². The number of ether oxygens (including phenoxy) is 2. The number of carbonyl (C=O) groups excluding carboxylic acids is 2. The number of hydrogen-bond acceptors (Lipinski definition) is 6. The van der Waals surface area contributed by atoms with Gasteiger partial charge in [-0.15, -0.1) is 0 Å². The Morgan fingerprint density at radius 3 is 2.78 bits per heavy atom. The van der Waals surface area contributed by atoms with Crippen LogP contribution in [0, 0.1) is 17.6 Å². The van der Waals surface area contributed by atoms with E-state index in [0.717, 1.165) is 27.8 Å². The van der Waals surface area contributed by atoms with E-state index in [1.54, 1.807) is 49.6 Å². The second-order valence-corrected chi connectivity index (χ2v) is 6.29. The maximum absolute atomic E-state index is 12.0. The van der Waals surface area contributed by atoms with Crippen molar-refractivity contribution in [3.63, 3.8) is 0 Å². The van der Waals surface area contributed by atoms with Gasteiger partial charge in [0.25, 0.3) is 5.91 Å². The van der Waals surface area contributed by atoms with Crippen molar-refractivity contribution in [2.24, 2.45) is 0 Å². The number of hydrogen-bond donors (Lipinski definition) is 1. The van der Waals surface area contributed by atoms with Crippen molar-refractivity contribution in [2.45, 2.75) is 11.8 Å². The zero-order chi connectivity index (χ0) is 19.6. The molecule has 2 aromatic rings. The summed E-state index contributed by atoms with van der Waals surface area (Å²) in [5, 5.41) is 13.3. The average molecular weight is 382 g/mol. The van der Waals surface area contributed by atoms with E-state index in [-0.39, 0.29) is 0 Å². The van der Waals surface area contributed by atoms with Crippen LogP contribution in [0.2, 0.25) is 0 Å². The number of esters is 1. The van der Waals surface area contributed by atoms with Gasteiger partial charge in [0.15, 0.2) is 6.61 Å². The summed E-state index contributed by atoms with van der Waals surface area (Å²) in [5.41, 5.74) is 2.19. The molecule has 138 valence electrons. The summed E-state index contributed by atoms with van der Waals surface area (Å²) in [7, 11) is 1.56. The highest BCUT2D eigenvalue weighted by molar-refractivity contribution is 8.03. The molecule has 0 aromatic heterocycles. The van der Waals surface area contributed by atoms with Crippen LogP contribution in [0.1, 0.15) is 11.1 Å². The number of methoxy groups -OCH3 is 1. The Hall–Kier alpha value is -3.24. The smallest absolute Gasteiger partial charge is 0.331 e. The number of carbonyl (C=O) groups is 2. The molecular weight excluding hydrogens is 364 g/mol. The summed E-state index contributed by atoms with van der Waals surface area (Å²) in [6, 6.07) is 12.4. The molecule has 0 aliphatic carbocycles. The first kappa shape index (κ1) is 20.1. The lowest BCUT2D eigenvalue weighted by atomic mass is 10.2. The lowest BCUT2D eigenvalue weighted by Gasteiger charge is -2.09. The molecule has 0 fully saturated rings. The van der Waals surface area contributed by atoms with Crippen LogP contribution in [0.25, 0.3) is 6.08 Å². The first-order valence-electron chi connectivity index (χ1n) is 7.97. The third-order valence-electron chi connectivity index (χ3n) is 3.49. The number of thiocyanates is 1. The summed E-state index contributed by atoms with van der Waals surface area (Å²) in [4.78, 5) is 24.5. The fourth-order valence-corrected chi connectivity index (χ4v) is 2.65. The maximum Gasteiger partial charge on any atom is 0.331 e. The molecule has 27 heavy (non-hydrogen) atoms. The Bertz CT molecular complexity index is 903. The molecule has 6 nitrogen and oxygen atoms in total. The number of thioether (sulfide) groups is 1. The molecule has 1 N–H and O–H groups in total. The standard InChI is InChI=1S/C20H18N2O4S/c1-14-10-17(27-13-21)7-8-18(14)22-19(23)12-26-20(24)9-6-15-4-3-5-16(11-15)25-2/h3-11H,12H2,1-2H3,(H,22,23)/b9-6+. The van der Waals surface area contributed by atoms with E-state index >= 15 is 0 Å². The number of nitrogens with zero attached hydrogens (tertiary/aromatic N) is 1. The lowest BCUT2D eigenvalue weighted by molar-refractivity contribution is -0.142. The second kappa shape index (κ2) is 10.0. The van der Waals surface area contributed by atoms with E-state index in [1.807, 2.05) is 18.4 Å². The van der Waals surface area contributed by atoms with Gasteiger partial charge in [-0.1, -0.05) is 12.1 Å².